The summed E-state index contributed by atoms with van der Waals surface area (Å²) in [4.78, 5) is 12.3. The van der Waals surface area contributed by atoms with Gasteiger partial charge in [0.2, 0.25) is 0 Å². The Bertz CT molecular complexity index is 1130. The maximum atomic E-state index is 13.9. The molecule has 6 heteroatoms. The summed E-state index contributed by atoms with van der Waals surface area (Å²) in [6.45, 7) is 6.15. The first-order chi connectivity index (χ1) is 16.3. The van der Waals surface area contributed by atoms with Crippen molar-refractivity contribution < 1.29 is 23.4 Å². The molecule has 0 radical (unpaired) electrons. The van der Waals surface area contributed by atoms with Gasteiger partial charge in [0.05, 0.1) is 14.2 Å². The van der Waals surface area contributed by atoms with Gasteiger partial charge in [-0.25, -0.2) is 4.39 Å². The van der Waals surface area contributed by atoms with Crippen LogP contribution in [0.25, 0.3) is 0 Å². The van der Waals surface area contributed by atoms with Gasteiger partial charge in [-0.15, -0.1) is 0 Å². The standard InChI is InChI=1S/C28H32FO4P/c1-6-14-28(3,34-26-13-12-21(29)15-23(26)19(2)30)24-16-22(31-4)17-25(32-5)27(24)33-18-20-10-8-7-9-11-20/h7-13,15-17,34H,6,14,18H2,1-5H3. The van der Waals surface area contributed by atoms with Crippen molar-refractivity contribution >= 4 is 19.7 Å². The topological polar surface area (TPSA) is 44.8 Å². The van der Waals surface area contributed by atoms with Gasteiger partial charge in [-0.1, -0.05) is 65.2 Å². The first-order valence-electron chi connectivity index (χ1n) is 11.3. The first-order valence-corrected chi connectivity index (χ1v) is 12.3. The van der Waals surface area contributed by atoms with Gasteiger partial charge in [-0.05, 0) is 42.4 Å². The summed E-state index contributed by atoms with van der Waals surface area (Å²) >= 11 is 0. The molecule has 4 nitrogen and oxygen atoms in total. The van der Waals surface area contributed by atoms with Crippen molar-refractivity contribution in [1.29, 1.82) is 0 Å². The van der Waals surface area contributed by atoms with Gasteiger partial charge in [0, 0.05) is 22.3 Å². The average Bonchev–Trinajstić information content (AvgIpc) is 2.84. The second-order valence-electron chi connectivity index (χ2n) is 8.43. The van der Waals surface area contributed by atoms with Crippen molar-refractivity contribution in [3.05, 3.63) is 83.2 Å². The molecule has 2 atom stereocenters. The van der Waals surface area contributed by atoms with Crippen LogP contribution in [-0.2, 0) is 11.8 Å². The Balaban J connectivity index is 2.13. The lowest BCUT2D eigenvalue weighted by Gasteiger charge is -2.33. The molecule has 0 heterocycles. The third kappa shape index (κ3) is 5.95. The molecule has 34 heavy (non-hydrogen) atoms. The van der Waals surface area contributed by atoms with Gasteiger partial charge >= 0.3 is 0 Å². The molecular weight excluding hydrogens is 450 g/mol. The molecule has 0 spiro atoms. The predicted molar refractivity (Wildman–Crippen MR) is 137 cm³/mol. The second kappa shape index (κ2) is 11.5. The van der Waals surface area contributed by atoms with Crippen molar-refractivity contribution in [3.63, 3.8) is 0 Å². The van der Waals surface area contributed by atoms with E-state index in [1.165, 1.54) is 19.1 Å². The highest BCUT2D eigenvalue weighted by atomic mass is 31.1. The molecule has 0 N–H and O–H groups in total. The molecule has 0 amide bonds. The minimum atomic E-state index is -0.411. The van der Waals surface area contributed by atoms with E-state index in [-0.39, 0.29) is 14.4 Å². The summed E-state index contributed by atoms with van der Waals surface area (Å²) in [6.07, 6.45) is 1.75. The Morgan fingerprint density at radius 2 is 1.76 bits per heavy atom. The number of hydrogen-bond acceptors (Lipinski definition) is 4. The van der Waals surface area contributed by atoms with Gasteiger partial charge in [-0.3, -0.25) is 4.79 Å². The fourth-order valence-corrected chi connectivity index (χ4v) is 5.95. The molecule has 2 unspecified atom stereocenters. The lowest BCUT2D eigenvalue weighted by Crippen LogP contribution is -2.23. The van der Waals surface area contributed by atoms with Crippen LogP contribution in [0.15, 0.2) is 60.7 Å². The van der Waals surface area contributed by atoms with E-state index in [4.69, 9.17) is 14.2 Å². The summed E-state index contributed by atoms with van der Waals surface area (Å²) in [5.41, 5.74) is 2.41. The largest absolute Gasteiger partial charge is 0.497 e. The number of ether oxygens (including phenoxy) is 3. The number of methoxy groups -OCH3 is 2. The van der Waals surface area contributed by atoms with E-state index in [0.717, 1.165) is 29.3 Å². The fraction of sp³-hybridized carbons (Fsp3) is 0.321. The number of ketones is 1. The molecule has 0 aliphatic carbocycles. The van der Waals surface area contributed by atoms with E-state index in [1.807, 2.05) is 42.5 Å². The number of Topliss-reactive ketones (excluding diaryl/α,β-unsaturated/α-hetero) is 1. The number of carbonyl (C=O) groups excluding carboxylic acids is 1. The molecule has 3 rings (SSSR count). The van der Waals surface area contributed by atoms with Crippen LogP contribution in [0, 0.1) is 5.82 Å². The SMILES string of the molecule is CCCC(C)(Pc1ccc(F)cc1C(C)=O)c1cc(OC)cc(OC)c1OCc1ccccc1. The van der Waals surface area contributed by atoms with Gasteiger partial charge in [-0.2, -0.15) is 0 Å². The van der Waals surface area contributed by atoms with E-state index in [9.17, 15) is 9.18 Å². The van der Waals surface area contributed by atoms with Crippen LogP contribution in [0.4, 0.5) is 4.39 Å². The maximum Gasteiger partial charge on any atom is 0.166 e. The Morgan fingerprint density at radius 3 is 2.38 bits per heavy atom. The molecule has 0 saturated carbocycles. The monoisotopic (exact) mass is 482 g/mol. The first kappa shape index (κ1) is 25.7. The molecule has 0 aliphatic rings. The summed E-state index contributed by atoms with van der Waals surface area (Å²) in [6, 6.07) is 18.2. The van der Waals surface area contributed by atoms with E-state index in [1.54, 1.807) is 20.3 Å². The van der Waals surface area contributed by atoms with Crippen molar-refractivity contribution in [3.8, 4) is 17.2 Å². The van der Waals surface area contributed by atoms with E-state index in [0.29, 0.717) is 29.4 Å². The lowest BCUT2D eigenvalue weighted by molar-refractivity contribution is 0.101. The molecule has 0 aliphatic heterocycles. The van der Waals surface area contributed by atoms with Crippen LogP contribution in [0.5, 0.6) is 17.2 Å². The Morgan fingerprint density at radius 1 is 1.03 bits per heavy atom. The molecule has 3 aromatic rings. The quantitative estimate of drug-likeness (QED) is 0.227. The van der Waals surface area contributed by atoms with Crippen LogP contribution >= 0.6 is 8.58 Å². The van der Waals surface area contributed by atoms with Crippen LogP contribution in [0.2, 0.25) is 0 Å². The second-order valence-corrected chi connectivity index (χ2v) is 10.3. The number of hydrogen-bond donors (Lipinski definition) is 0. The van der Waals surface area contributed by atoms with E-state index >= 15 is 0 Å². The van der Waals surface area contributed by atoms with Gasteiger partial charge in [0.25, 0.3) is 0 Å². The number of benzene rings is 3. The summed E-state index contributed by atoms with van der Waals surface area (Å²) in [7, 11) is 3.44. The summed E-state index contributed by atoms with van der Waals surface area (Å²) in [5, 5.41) is 0.436. The molecule has 0 saturated heterocycles. The molecule has 0 fully saturated rings. The smallest absolute Gasteiger partial charge is 0.166 e. The van der Waals surface area contributed by atoms with Crippen LogP contribution in [0.1, 0.15) is 55.1 Å². The zero-order valence-electron chi connectivity index (χ0n) is 20.4. The van der Waals surface area contributed by atoms with Crippen molar-refractivity contribution in [2.75, 3.05) is 14.2 Å². The average molecular weight is 483 g/mol. The van der Waals surface area contributed by atoms with Crippen LogP contribution in [0.3, 0.4) is 0 Å². The fourth-order valence-electron chi connectivity index (χ4n) is 4.11. The normalized spacial score (nSPS) is 13.0. The third-order valence-electron chi connectivity index (χ3n) is 5.83. The zero-order valence-corrected chi connectivity index (χ0v) is 21.4. The van der Waals surface area contributed by atoms with Gasteiger partial charge in [0.15, 0.2) is 17.3 Å². The Labute approximate surface area is 203 Å². The van der Waals surface area contributed by atoms with Crippen LogP contribution < -0.4 is 19.5 Å². The van der Waals surface area contributed by atoms with Crippen LogP contribution in [-0.4, -0.2) is 20.0 Å². The predicted octanol–water partition coefficient (Wildman–Crippen LogP) is 6.64. The summed E-state index contributed by atoms with van der Waals surface area (Å²) in [5.74, 6) is 1.35. The number of halogens is 1. The highest BCUT2D eigenvalue weighted by Gasteiger charge is 2.33. The Hall–Kier alpha value is -2.91. The number of rotatable bonds is 11. The highest BCUT2D eigenvalue weighted by molar-refractivity contribution is 7.48. The lowest BCUT2D eigenvalue weighted by atomic mass is 9.93. The van der Waals surface area contributed by atoms with E-state index < -0.39 is 11.0 Å². The highest BCUT2D eigenvalue weighted by Crippen LogP contribution is 2.52. The maximum absolute atomic E-state index is 13.9. The van der Waals surface area contributed by atoms with Crippen molar-refractivity contribution in [2.24, 2.45) is 0 Å². The van der Waals surface area contributed by atoms with E-state index in [2.05, 4.69) is 13.8 Å². The molecule has 180 valence electrons. The molecule has 0 aromatic heterocycles. The van der Waals surface area contributed by atoms with Gasteiger partial charge in [0.1, 0.15) is 18.2 Å². The molecular formula is C28H32FO4P. The minimum absolute atomic E-state index is 0.148. The molecule has 3 aromatic carbocycles. The Kier molecular flexibility index (Phi) is 8.68. The number of carbonyl (C=O) groups is 1. The third-order valence-corrected chi connectivity index (χ3v) is 7.60. The van der Waals surface area contributed by atoms with Crippen molar-refractivity contribution in [1.82, 2.24) is 0 Å². The summed E-state index contributed by atoms with van der Waals surface area (Å²) < 4.78 is 31.6. The molecule has 0 bridgehead atoms. The van der Waals surface area contributed by atoms with Gasteiger partial charge < -0.3 is 14.2 Å². The minimum Gasteiger partial charge on any atom is -0.497 e. The zero-order chi connectivity index (χ0) is 24.7. The van der Waals surface area contributed by atoms with Crippen molar-refractivity contribution in [2.45, 2.75) is 45.4 Å².